The lowest BCUT2D eigenvalue weighted by atomic mass is 9.96. The molecule has 1 fully saturated rings. The van der Waals surface area contributed by atoms with E-state index in [4.69, 9.17) is 4.98 Å². The summed E-state index contributed by atoms with van der Waals surface area (Å²) < 4.78 is 0. The van der Waals surface area contributed by atoms with E-state index in [2.05, 4.69) is 34.2 Å². The second-order valence-corrected chi connectivity index (χ2v) is 6.60. The largest absolute Gasteiger partial charge is 0.342 e. The van der Waals surface area contributed by atoms with Crippen LogP contribution >= 0.6 is 0 Å². The minimum atomic E-state index is 0.0123. The molecule has 1 aliphatic heterocycles. The van der Waals surface area contributed by atoms with Gasteiger partial charge in [-0.05, 0) is 44.4 Å². The Morgan fingerprint density at radius 3 is 2.71 bits per heavy atom. The monoisotopic (exact) mass is 323 g/mol. The van der Waals surface area contributed by atoms with Gasteiger partial charge in [0.1, 0.15) is 11.5 Å². The highest BCUT2D eigenvalue weighted by Gasteiger charge is 2.27. The molecule has 6 heteroatoms. The normalized spacial score (nSPS) is 16.0. The lowest BCUT2D eigenvalue weighted by Gasteiger charge is -2.30. The molecule has 0 atom stereocenters. The molecule has 0 radical (unpaired) electrons. The summed E-state index contributed by atoms with van der Waals surface area (Å²) >= 11 is 0. The number of imidazole rings is 1. The first-order chi connectivity index (χ1) is 11.6. The number of nitrogens with zero attached hydrogens (tertiary/aromatic N) is 3. The van der Waals surface area contributed by atoms with E-state index in [0.29, 0.717) is 11.6 Å². The molecule has 1 saturated heterocycles. The number of carbonyl (C=O) groups is 1. The smallest absolute Gasteiger partial charge is 0.274 e. The SMILES string of the molecule is Cc1cc(C(=O)N2CCC(c3nc4c(C)cccc4[nH]3)CC2)n[nH]1. The summed E-state index contributed by atoms with van der Waals surface area (Å²) in [7, 11) is 0. The van der Waals surface area contributed by atoms with Crippen molar-refractivity contribution in [1.82, 2.24) is 25.1 Å². The van der Waals surface area contributed by atoms with E-state index in [9.17, 15) is 4.79 Å². The molecule has 0 bridgehead atoms. The van der Waals surface area contributed by atoms with E-state index in [1.54, 1.807) is 6.07 Å². The van der Waals surface area contributed by atoms with Crippen LogP contribution in [-0.4, -0.2) is 44.1 Å². The van der Waals surface area contributed by atoms with Crippen LogP contribution in [-0.2, 0) is 0 Å². The molecule has 0 unspecified atom stereocenters. The van der Waals surface area contributed by atoms with Crippen molar-refractivity contribution < 1.29 is 4.79 Å². The highest BCUT2D eigenvalue weighted by molar-refractivity contribution is 5.92. The van der Waals surface area contributed by atoms with E-state index in [1.165, 1.54) is 5.56 Å². The molecule has 0 aliphatic carbocycles. The number of hydrogen-bond acceptors (Lipinski definition) is 3. The van der Waals surface area contributed by atoms with Crippen LogP contribution < -0.4 is 0 Å². The Kier molecular flexibility index (Phi) is 3.59. The summed E-state index contributed by atoms with van der Waals surface area (Å²) in [5.41, 5.74) is 4.75. The number of carbonyl (C=O) groups excluding carboxylic acids is 1. The van der Waals surface area contributed by atoms with Gasteiger partial charge in [-0.15, -0.1) is 0 Å². The molecule has 24 heavy (non-hydrogen) atoms. The first-order valence-electron chi connectivity index (χ1n) is 8.38. The highest BCUT2D eigenvalue weighted by atomic mass is 16.2. The van der Waals surface area contributed by atoms with Gasteiger partial charge < -0.3 is 9.88 Å². The average Bonchev–Trinajstić information content (AvgIpc) is 3.21. The van der Waals surface area contributed by atoms with Crippen molar-refractivity contribution in [3.05, 3.63) is 47.0 Å². The van der Waals surface area contributed by atoms with Gasteiger partial charge in [-0.2, -0.15) is 5.10 Å². The van der Waals surface area contributed by atoms with Crippen molar-refractivity contribution in [2.24, 2.45) is 0 Å². The van der Waals surface area contributed by atoms with Crippen molar-refractivity contribution in [3.63, 3.8) is 0 Å². The highest BCUT2D eigenvalue weighted by Crippen LogP contribution is 2.29. The summed E-state index contributed by atoms with van der Waals surface area (Å²) in [5, 5.41) is 6.90. The minimum absolute atomic E-state index is 0.0123. The maximum absolute atomic E-state index is 12.5. The summed E-state index contributed by atoms with van der Waals surface area (Å²) in [4.78, 5) is 22.6. The van der Waals surface area contributed by atoms with Gasteiger partial charge >= 0.3 is 0 Å². The van der Waals surface area contributed by atoms with Crippen LogP contribution in [0.4, 0.5) is 0 Å². The summed E-state index contributed by atoms with van der Waals surface area (Å²) in [6.45, 7) is 5.47. The first kappa shape index (κ1) is 14.9. The number of rotatable bonds is 2. The Balaban J connectivity index is 1.47. The molecule has 6 nitrogen and oxygen atoms in total. The third-order valence-corrected chi connectivity index (χ3v) is 4.83. The Bertz CT molecular complexity index is 886. The first-order valence-corrected chi connectivity index (χ1v) is 8.38. The fourth-order valence-corrected chi connectivity index (χ4v) is 3.43. The van der Waals surface area contributed by atoms with E-state index >= 15 is 0 Å². The minimum Gasteiger partial charge on any atom is -0.342 e. The van der Waals surface area contributed by atoms with E-state index in [-0.39, 0.29) is 5.91 Å². The van der Waals surface area contributed by atoms with Crippen LogP contribution in [0.1, 0.15) is 46.3 Å². The van der Waals surface area contributed by atoms with Crippen molar-refractivity contribution in [1.29, 1.82) is 0 Å². The number of aromatic amines is 2. The number of fused-ring (bicyclic) bond motifs is 1. The Morgan fingerprint density at radius 1 is 1.25 bits per heavy atom. The summed E-state index contributed by atoms with van der Waals surface area (Å²) in [5.74, 6) is 1.43. The molecule has 1 aromatic carbocycles. The molecule has 4 rings (SSSR count). The zero-order chi connectivity index (χ0) is 16.7. The van der Waals surface area contributed by atoms with Crippen LogP contribution in [0.15, 0.2) is 24.3 Å². The molecule has 0 saturated carbocycles. The standard InChI is InChI=1S/C18H21N5O/c1-11-4-3-5-14-16(11)20-17(19-14)13-6-8-23(9-7-13)18(24)15-10-12(2)21-22-15/h3-5,10,13H,6-9H2,1-2H3,(H,19,20)(H,21,22). The fraction of sp³-hybridized carbons (Fsp3) is 0.389. The van der Waals surface area contributed by atoms with Gasteiger partial charge in [0.05, 0.1) is 11.0 Å². The van der Waals surface area contributed by atoms with E-state index in [1.807, 2.05) is 17.9 Å². The van der Waals surface area contributed by atoms with Crippen LogP contribution in [0.2, 0.25) is 0 Å². The molecule has 124 valence electrons. The number of amides is 1. The fourth-order valence-electron chi connectivity index (χ4n) is 3.43. The predicted octanol–water partition coefficient (Wildman–Crippen LogP) is 2.92. The maximum atomic E-state index is 12.5. The van der Waals surface area contributed by atoms with Gasteiger partial charge in [0.25, 0.3) is 5.91 Å². The molecule has 1 aliphatic rings. The van der Waals surface area contributed by atoms with Gasteiger partial charge in [-0.1, -0.05) is 12.1 Å². The number of piperidine rings is 1. The predicted molar refractivity (Wildman–Crippen MR) is 92.0 cm³/mol. The number of aromatic nitrogens is 4. The lowest BCUT2D eigenvalue weighted by Crippen LogP contribution is -2.38. The molecular weight excluding hydrogens is 302 g/mol. The zero-order valence-electron chi connectivity index (χ0n) is 14.0. The van der Waals surface area contributed by atoms with Crippen molar-refractivity contribution >= 4 is 16.9 Å². The maximum Gasteiger partial charge on any atom is 0.274 e. The van der Waals surface area contributed by atoms with Gasteiger partial charge in [-0.3, -0.25) is 9.89 Å². The van der Waals surface area contributed by atoms with Gasteiger partial charge in [-0.25, -0.2) is 4.98 Å². The average molecular weight is 323 g/mol. The van der Waals surface area contributed by atoms with Crippen LogP contribution in [0, 0.1) is 13.8 Å². The quantitative estimate of drug-likeness (QED) is 0.761. The Hall–Kier alpha value is -2.63. The van der Waals surface area contributed by atoms with Crippen molar-refractivity contribution in [2.45, 2.75) is 32.6 Å². The van der Waals surface area contributed by atoms with Crippen LogP contribution in [0.25, 0.3) is 11.0 Å². The second-order valence-electron chi connectivity index (χ2n) is 6.60. The van der Waals surface area contributed by atoms with Crippen molar-refractivity contribution in [2.75, 3.05) is 13.1 Å². The molecule has 1 amide bonds. The van der Waals surface area contributed by atoms with E-state index < -0.39 is 0 Å². The topological polar surface area (TPSA) is 77.7 Å². The zero-order valence-corrected chi connectivity index (χ0v) is 14.0. The summed E-state index contributed by atoms with van der Waals surface area (Å²) in [6, 6.07) is 8.00. The number of aryl methyl sites for hydroxylation is 2. The van der Waals surface area contributed by atoms with Crippen molar-refractivity contribution in [3.8, 4) is 0 Å². The number of likely N-dealkylation sites (tertiary alicyclic amines) is 1. The number of H-pyrrole nitrogens is 2. The molecule has 3 heterocycles. The number of hydrogen-bond donors (Lipinski definition) is 2. The molecular formula is C18H21N5O. The van der Waals surface area contributed by atoms with Gasteiger partial charge in [0, 0.05) is 24.7 Å². The van der Waals surface area contributed by atoms with Crippen LogP contribution in [0.3, 0.4) is 0 Å². The molecule has 2 aromatic heterocycles. The Labute approximate surface area is 140 Å². The number of benzene rings is 1. The number of para-hydroxylation sites is 1. The molecule has 3 aromatic rings. The number of nitrogens with one attached hydrogen (secondary N) is 2. The third-order valence-electron chi connectivity index (χ3n) is 4.83. The third kappa shape index (κ3) is 2.58. The van der Waals surface area contributed by atoms with Crippen LogP contribution in [0.5, 0.6) is 0 Å². The Morgan fingerprint density at radius 2 is 2.04 bits per heavy atom. The summed E-state index contributed by atoms with van der Waals surface area (Å²) in [6.07, 6.45) is 1.85. The van der Waals surface area contributed by atoms with Gasteiger partial charge in [0.15, 0.2) is 0 Å². The lowest BCUT2D eigenvalue weighted by molar-refractivity contribution is 0.0705. The molecule has 0 spiro atoms. The molecule has 2 N–H and O–H groups in total. The van der Waals surface area contributed by atoms with Gasteiger partial charge in [0.2, 0.25) is 0 Å². The van der Waals surface area contributed by atoms with E-state index in [0.717, 1.165) is 48.5 Å². The second kappa shape index (κ2) is 5.78.